The fraction of sp³-hybridized carbons (Fsp3) is 0.0476. The van der Waals surface area contributed by atoms with Gasteiger partial charge >= 0.3 is 0 Å². The van der Waals surface area contributed by atoms with Crippen molar-refractivity contribution in [1.82, 2.24) is 5.43 Å². The van der Waals surface area contributed by atoms with E-state index in [-0.39, 0.29) is 5.91 Å². The van der Waals surface area contributed by atoms with Gasteiger partial charge in [0.15, 0.2) is 0 Å². The average Bonchev–Trinajstić information content (AvgIpc) is 2.69. The minimum absolute atomic E-state index is 0.335. The number of nitrogens with one attached hydrogen (secondary N) is 1. The Kier molecular flexibility index (Phi) is 6.63. The molecule has 0 unspecified atom stereocenters. The van der Waals surface area contributed by atoms with E-state index >= 15 is 0 Å². The fourth-order valence-electron chi connectivity index (χ4n) is 2.32. The first-order valence-corrected chi connectivity index (χ1v) is 9.35. The molecule has 1 N–H and O–H groups in total. The average molecular weight is 444 g/mol. The maximum absolute atomic E-state index is 12.5. The largest absolute Gasteiger partial charge is 0.488 e. The molecule has 3 rings (SSSR count). The van der Waals surface area contributed by atoms with E-state index in [1.54, 1.807) is 36.5 Å². The van der Waals surface area contributed by atoms with Gasteiger partial charge in [0.2, 0.25) is 0 Å². The van der Waals surface area contributed by atoms with E-state index in [1.807, 2.05) is 42.5 Å². The van der Waals surface area contributed by atoms with Gasteiger partial charge < -0.3 is 4.74 Å². The lowest BCUT2D eigenvalue weighted by molar-refractivity contribution is 0.0950. The van der Waals surface area contributed by atoms with Gasteiger partial charge in [-0.25, -0.2) is 5.43 Å². The highest BCUT2D eigenvalue weighted by molar-refractivity contribution is 9.10. The minimum Gasteiger partial charge on any atom is -0.488 e. The Balaban J connectivity index is 1.66. The van der Waals surface area contributed by atoms with E-state index in [0.717, 1.165) is 15.6 Å². The summed E-state index contributed by atoms with van der Waals surface area (Å²) < 4.78 is 6.70. The molecule has 3 aromatic carbocycles. The van der Waals surface area contributed by atoms with Crippen LogP contribution in [0.25, 0.3) is 0 Å². The first kappa shape index (κ1) is 19.1. The number of hydrazone groups is 1. The lowest BCUT2D eigenvalue weighted by Crippen LogP contribution is -2.18. The predicted molar refractivity (Wildman–Crippen MR) is 111 cm³/mol. The van der Waals surface area contributed by atoms with Crippen LogP contribution in [0.5, 0.6) is 5.75 Å². The molecule has 0 aliphatic carbocycles. The molecule has 136 valence electrons. The third-order valence-corrected chi connectivity index (χ3v) is 4.69. The molecule has 0 aliphatic heterocycles. The first-order chi connectivity index (χ1) is 13.1. The molecule has 0 aromatic heterocycles. The topological polar surface area (TPSA) is 50.7 Å². The second-order valence-corrected chi connectivity index (χ2v) is 6.92. The van der Waals surface area contributed by atoms with Crippen LogP contribution in [0.3, 0.4) is 0 Å². The molecule has 0 heterocycles. The van der Waals surface area contributed by atoms with Crippen molar-refractivity contribution < 1.29 is 9.53 Å². The Hall–Kier alpha value is -2.63. The molecule has 27 heavy (non-hydrogen) atoms. The second kappa shape index (κ2) is 9.35. The second-order valence-electron chi connectivity index (χ2n) is 5.63. The quantitative estimate of drug-likeness (QED) is 0.407. The van der Waals surface area contributed by atoms with Gasteiger partial charge in [-0.15, -0.1) is 0 Å². The van der Waals surface area contributed by atoms with Crippen LogP contribution < -0.4 is 10.2 Å². The van der Waals surface area contributed by atoms with Crippen molar-refractivity contribution in [3.8, 4) is 5.75 Å². The van der Waals surface area contributed by atoms with Gasteiger partial charge in [-0.05, 0) is 35.9 Å². The van der Waals surface area contributed by atoms with Crippen molar-refractivity contribution in [2.45, 2.75) is 6.61 Å². The molecule has 0 spiro atoms. The molecular formula is C21H16BrClN2O2. The monoisotopic (exact) mass is 442 g/mol. The summed E-state index contributed by atoms with van der Waals surface area (Å²) in [6, 6.07) is 22.0. The van der Waals surface area contributed by atoms with E-state index < -0.39 is 0 Å². The molecule has 0 saturated heterocycles. The van der Waals surface area contributed by atoms with Gasteiger partial charge in [-0.3, -0.25) is 4.79 Å². The van der Waals surface area contributed by atoms with Gasteiger partial charge in [0.25, 0.3) is 5.91 Å². The van der Waals surface area contributed by atoms with Crippen LogP contribution >= 0.6 is 27.5 Å². The molecule has 0 aliphatic rings. The maximum Gasteiger partial charge on any atom is 0.275 e. The lowest BCUT2D eigenvalue weighted by Gasteiger charge is -2.10. The Morgan fingerprint density at radius 2 is 1.74 bits per heavy atom. The minimum atomic E-state index is -0.343. The van der Waals surface area contributed by atoms with Crippen LogP contribution in [0.15, 0.2) is 82.4 Å². The highest BCUT2D eigenvalue weighted by atomic mass is 79.9. The van der Waals surface area contributed by atoms with Crippen LogP contribution in [-0.2, 0) is 6.61 Å². The number of rotatable bonds is 6. The number of ether oxygens (including phenoxy) is 1. The van der Waals surface area contributed by atoms with Crippen LogP contribution in [0, 0.1) is 0 Å². The molecular weight excluding hydrogens is 428 g/mol. The van der Waals surface area contributed by atoms with E-state index in [2.05, 4.69) is 26.5 Å². The predicted octanol–water partition coefficient (Wildman–Crippen LogP) is 5.45. The summed E-state index contributed by atoms with van der Waals surface area (Å²) >= 11 is 9.32. The number of halogens is 2. The van der Waals surface area contributed by atoms with E-state index in [9.17, 15) is 4.79 Å². The third kappa shape index (κ3) is 5.42. The standard InChI is InChI=1S/C21H16BrClN2O2/c22-19-7-3-1-5-16(19)13-24-25-21(26)18-6-2-4-8-20(18)27-14-15-9-11-17(23)12-10-15/h1-13H,14H2,(H,25,26)/b24-13+. The molecule has 0 radical (unpaired) electrons. The van der Waals surface area contributed by atoms with Crippen LogP contribution in [0.4, 0.5) is 0 Å². The van der Waals surface area contributed by atoms with Crippen molar-refractivity contribution in [3.63, 3.8) is 0 Å². The van der Waals surface area contributed by atoms with Gasteiger partial charge in [0, 0.05) is 15.1 Å². The summed E-state index contributed by atoms with van der Waals surface area (Å²) in [6.45, 7) is 0.335. The molecule has 1 amide bonds. The summed E-state index contributed by atoms with van der Waals surface area (Å²) in [7, 11) is 0. The molecule has 0 atom stereocenters. The smallest absolute Gasteiger partial charge is 0.275 e. The summed E-state index contributed by atoms with van der Waals surface area (Å²) in [5, 5.41) is 4.69. The third-order valence-electron chi connectivity index (χ3n) is 3.71. The Morgan fingerprint density at radius 1 is 1.04 bits per heavy atom. The molecule has 4 nitrogen and oxygen atoms in total. The zero-order chi connectivity index (χ0) is 19.1. The van der Waals surface area contributed by atoms with Crippen molar-refractivity contribution in [3.05, 3.63) is 99.0 Å². The van der Waals surface area contributed by atoms with Crippen molar-refractivity contribution in [1.29, 1.82) is 0 Å². The Labute approximate surface area is 171 Å². The number of carbonyl (C=O) groups excluding carboxylic acids is 1. The lowest BCUT2D eigenvalue weighted by atomic mass is 10.2. The molecule has 0 fully saturated rings. The molecule has 6 heteroatoms. The zero-order valence-electron chi connectivity index (χ0n) is 14.2. The Morgan fingerprint density at radius 3 is 2.52 bits per heavy atom. The maximum atomic E-state index is 12.5. The number of nitrogens with zero attached hydrogens (tertiary/aromatic N) is 1. The van der Waals surface area contributed by atoms with Gasteiger partial charge in [-0.2, -0.15) is 5.10 Å². The summed E-state index contributed by atoms with van der Waals surface area (Å²) in [6.07, 6.45) is 1.58. The number of para-hydroxylation sites is 1. The van der Waals surface area contributed by atoms with E-state index in [4.69, 9.17) is 16.3 Å². The highest BCUT2D eigenvalue weighted by Gasteiger charge is 2.11. The first-order valence-electron chi connectivity index (χ1n) is 8.17. The van der Waals surface area contributed by atoms with Gasteiger partial charge in [0.1, 0.15) is 12.4 Å². The van der Waals surface area contributed by atoms with Crippen LogP contribution in [-0.4, -0.2) is 12.1 Å². The van der Waals surface area contributed by atoms with Gasteiger partial charge in [-0.1, -0.05) is 70.0 Å². The highest BCUT2D eigenvalue weighted by Crippen LogP contribution is 2.20. The molecule has 0 saturated carbocycles. The summed E-state index contributed by atoms with van der Waals surface area (Å²) in [5.41, 5.74) is 4.77. The fourth-order valence-corrected chi connectivity index (χ4v) is 2.84. The SMILES string of the molecule is O=C(N/N=C/c1ccccc1Br)c1ccccc1OCc1ccc(Cl)cc1. The normalized spacial score (nSPS) is 10.7. The van der Waals surface area contributed by atoms with Crippen molar-refractivity contribution >= 4 is 39.7 Å². The number of carbonyl (C=O) groups is 1. The number of hydrogen-bond acceptors (Lipinski definition) is 3. The summed E-state index contributed by atoms with van der Waals surface area (Å²) in [4.78, 5) is 12.5. The zero-order valence-corrected chi connectivity index (χ0v) is 16.6. The Bertz CT molecular complexity index is 958. The molecule has 0 bridgehead atoms. The van der Waals surface area contributed by atoms with E-state index in [0.29, 0.717) is 22.9 Å². The van der Waals surface area contributed by atoms with Crippen molar-refractivity contribution in [2.75, 3.05) is 0 Å². The van der Waals surface area contributed by atoms with E-state index in [1.165, 1.54) is 0 Å². The number of amides is 1. The van der Waals surface area contributed by atoms with Gasteiger partial charge in [0.05, 0.1) is 11.8 Å². The van der Waals surface area contributed by atoms with Crippen LogP contribution in [0.1, 0.15) is 21.5 Å². The number of hydrogen-bond donors (Lipinski definition) is 1. The summed E-state index contributed by atoms with van der Waals surface area (Å²) in [5.74, 6) is 0.144. The number of benzene rings is 3. The van der Waals surface area contributed by atoms with Crippen LogP contribution in [0.2, 0.25) is 5.02 Å². The van der Waals surface area contributed by atoms with Crippen molar-refractivity contribution in [2.24, 2.45) is 5.10 Å². The molecule has 3 aromatic rings.